The monoisotopic (exact) mass is 285 g/mol. The van der Waals surface area contributed by atoms with Crippen molar-refractivity contribution in [3.05, 3.63) is 29.8 Å². The predicted molar refractivity (Wildman–Crippen MR) is 67.6 cm³/mol. The number of aliphatic imine (C=N–C) groups is 1. The third-order valence-corrected chi connectivity index (χ3v) is 3.32. The fourth-order valence-corrected chi connectivity index (χ4v) is 2.31. The van der Waals surface area contributed by atoms with E-state index < -0.39 is 28.7 Å². The van der Waals surface area contributed by atoms with Crippen molar-refractivity contribution >= 4 is 34.4 Å². The summed E-state index contributed by atoms with van der Waals surface area (Å²) in [5.74, 6) is -3.03. The molecular formula is C11H9F2N3O2S. The summed E-state index contributed by atoms with van der Waals surface area (Å²) >= 11 is 1.00. The average Bonchev–Trinajstić information content (AvgIpc) is 2.62. The maximum atomic E-state index is 12.9. The largest absolute Gasteiger partial charge is 0.378 e. The molecule has 0 bridgehead atoms. The van der Waals surface area contributed by atoms with Crippen molar-refractivity contribution < 1.29 is 18.4 Å². The highest BCUT2D eigenvalue weighted by molar-refractivity contribution is 8.15. The van der Waals surface area contributed by atoms with Crippen LogP contribution in [0.2, 0.25) is 0 Å². The van der Waals surface area contributed by atoms with Crippen LogP contribution >= 0.6 is 11.8 Å². The van der Waals surface area contributed by atoms with Gasteiger partial charge in [-0.05, 0) is 12.1 Å². The Morgan fingerprint density at radius 2 is 2.16 bits per heavy atom. The van der Waals surface area contributed by atoms with Crippen molar-refractivity contribution in [3.63, 3.8) is 0 Å². The van der Waals surface area contributed by atoms with Crippen LogP contribution in [-0.2, 0) is 9.59 Å². The molecule has 0 radical (unpaired) electrons. The molecule has 0 saturated carbocycles. The van der Waals surface area contributed by atoms with E-state index in [-0.39, 0.29) is 17.3 Å². The molecule has 1 aliphatic rings. The number of nitrogens with two attached hydrogens (primary N) is 1. The van der Waals surface area contributed by atoms with E-state index in [1.54, 1.807) is 0 Å². The number of anilines is 1. The second-order valence-electron chi connectivity index (χ2n) is 3.78. The molecule has 1 heterocycles. The Morgan fingerprint density at radius 3 is 2.74 bits per heavy atom. The molecule has 19 heavy (non-hydrogen) atoms. The van der Waals surface area contributed by atoms with Gasteiger partial charge < -0.3 is 11.1 Å². The second kappa shape index (κ2) is 5.35. The highest BCUT2D eigenvalue weighted by Crippen LogP contribution is 2.23. The van der Waals surface area contributed by atoms with Crippen LogP contribution in [0.25, 0.3) is 0 Å². The average molecular weight is 285 g/mol. The van der Waals surface area contributed by atoms with Gasteiger partial charge in [0, 0.05) is 18.2 Å². The number of hydrogen-bond acceptors (Lipinski definition) is 4. The Hall–Kier alpha value is -1.96. The van der Waals surface area contributed by atoms with Crippen LogP contribution in [-0.4, -0.2) is 22.2 Å². The van der Waals surface area contributed by atoms with Gasteiger partial charge in [-0.3, -0.25) is 9.59 Å². The zero-order valence-corrected chi connectivity index (χ0v) is 10.3. The highest BCUT2D eigenvalue weighted by Gasteiger charge is 2.29. The molecule has 1 atom stereocenters. The van der Waals surface area contributed by atoms with Gasteiger partial charge in [0.2, 0.25) is 5.91 Å². The zero-order chi connectivity index (χ0) is 14.0. The highest BCUT2D eigenvalue weighted by atomic mass is 32.2. The minimum atomic E-state index is -1.06. The van der Waals surface area contributed by atoms with Crippen LogP contribution in [0.1, 0.15) is 6.42 Å². The number of hydrogen-bond donors (Lipinski definition) is 2. The molecule has 2 amide bonds. The van der Waals surface area contributed by atoms with Crippen molar-refractivity contribution in [2.75, 3.05) is 5.32 Å². The lowest BCUT2D eigenvalue weighted by atomic mass is 10.2. The molecule has 1 aromatic rings. The van der Waals surface area contributed by atoms with E-state index in [0.29, 0.717) is 0 Å². The number of halogens is 2. The van der Waals surface area contributed by atoms with Gasteiger partial charge in [0.05, 0.1) is 0 Å². The number of nitrogens with one attached hydrogen (secondary N) is 1. The minimum absolute atomic E-state index is 0.119. The quantitative estimate of drug-likeness (QED) is 0.875. The van der Waals surface area contributed by atoms with Crippen LogP contribution in [0.3, 0.4) is 0 Å². The van der Waals surface area contributed by atoms with Gasteiger partial charge in [0.1, 0.15) is 5.25 Å². The lowest BCUT2D eigenvalue weighted by Crippen LogP contribution is -2.21. The van der Waals surface area contributed by atoms with E-state index in [2.05, 4.69) is 10.3 Å². The molecule has 0 fully saturated rings. The van der Waals surface area contributed by atoms with Crippen molar-refractivity contribution in [1.29, 1.82) is 0 Å². The number of carbonyl (C=O) groups excluding carboxylic acids is 2. The number of thioether (sulfide) groups is 1. The van der Waals surface area contributed by atoms with Crippen LogP contribution in [0, 0.1) is 11.6 Å². The Balaban J connectivity index is 1.95. The lowest BCUT2D eigenvalue weighted by molar-refractivity contribution is -0.121. The maximum Gasteiger partial charge on any atom is 0.262 e. The summed E-state index contributed by atoms with van der Waals surface area (Å²) in [6, 6.07) is 2.99. The maximum absolute atomic E-state index is 12.9. The molecular weight excluding hydrogens is 276 g/mol. The number of amides is 2. The third-order valence-electron chi connectivity index (χ3n) is 2.33. The molecule has 1 aromatic carbocycles. The first kappa shape index (κ1) is 13.5. The smallest absolute Gasteiger partial charge is 0.262 e. The molecule has 5 nitrogen and oxygen atoms in total. The molecule has 0 aromatic heterocycles. The van der Waals surface area contributed by atoms with E-state index >= 15 is 0 Å². The molecule has 0 saturated heterocycles. The molecule has 2 rings (SSSR count). The Labute approximate surface area is 111 Å². The van der Waals surface area contributed by atoms with Gasteiger partial charge in [0.25, 0.3) is 5.91 Å². The number of benzene rings is 1. The van der Waals surface area contributed by atoms with E-state index in [1.165, 1.54) is 6.07 Å². The summed E-state index contributed by atoms with van der Waals surface area (Å²) in [7, 11) is 0. The lowest BCUT2D eigenvalue weighted by Gasteiger charge is -2.08. The molecule has 3 N–H and O–H groups in total. The van der Waals surface area contributed by atoms with E-state index in [4.69, 9.17) is 5.73 Å². The van der Waals surface area contributed by atoms with Gasteiger partial charge in [-0.2, -0.15) is 4.99 Å². The SMILES string of the molecule is NC1=NC(=O)[C@@H](CC(=O)Nc2ccc(F)c(F)c2)S1. The first-order chi connectivity index (χ1) is 8.95. The summed E-state index contributed by atoms with van der Waals surface area (Å²) in [6.07, 6.45) is -0.132. The molecule has 1 aliphatic heterocycles. The number of nitrogens with zero attached hydrogens (tertiary/aromatic N) is 1. The van der Waals surface area contributed by atoms with Crippen molar-refractivity contribution in [1.82, 2.24) is 0 Å². The molecule has 8 heteroatoms. The first-order valence-corrected chi connectivity index (χ1v) is 6.13. The Morgan fingerprint density at radius 1 is 1.42 bits per heavy atom. The van der Waals surface area contributed by atoms with Crippen LogP contribution in [0.4, 0.5) is 14.5 Å². The van der Waals surface area contributed by atoms with Crippen LogP contribution < -0.4 is 11.1 Å². The molecule has 0 unspecified atom stereocenters. The summed E-state index contributed by atoms with van der Waals surface area (Å²) in [4.78, 5) is 26.4. The number of amidine groups is 1. The van der Waals surface area contributed by atoms with Gasteiger partial charge in [-0.25, -0.2) is 8.78 Å². The van der Waals surface area contributed by atoms with Crippen LogP contribution in [0.5, 0.6) is 0 Å². The van der Waals surface area contributed by atoms with Crippen molar-refractivity contribution in [2.24, 2.45) is 10.7 Å². The topological polar surface area (TPSA) is 84.5 Å². The van der Waals surface area contributed by atoms with Crippen LogP contribution in [0.15, 0.2) is 23.2 Å². The molecule has 0 spiro atoms. The first-order valence-electron chi connectivity index (χ1n) is 5.25. The van der Waals surface area contributed by atoms with E-state index in [9.17, 15) is 18.4 Å². The second-order valence-corrected chi connectivity index (χ2v) is 5.00. The van der Waals surface area contributed by atoms with Crippen molar-refractivity contribution in [2.45, 2.75) is 11.7 Å². The Bertz CT molecular complexity index is 577. The molecule has 0 aliphatic carbocycles. The van der Waals surface area contributed by atoms with Gasteiger partial charge >= 0.3 is 0 Å². The van der Waals surface area contributed by atoms with E-state index in [0.717, 1.165) is 23.9 Å². The predicted octanol–water partition coefficient (Wildman–Crippen LogP) is 1.25. The number of carbonyl (C=O) groups is 2. The van der Waals surface area contributed by atoms with Gasteiger partial charge in [0.15, 0.2) is 16.8 Å². The standard InChI is InChI=1S/C11H9F2N3O2S/c12-6-2-1-5(3-7(6)13)15-9(17)4-8-10(18)16-11(14)19-8/h1-3,8H,4H2,(H,15,17)(H2,14,16,18)/t8-/m1/s1. The molecule has 100 valence electrons. The zero-order valence-electron chi connectivity index (χ0n) is 9.52. The number of rotatable bonds is 3. The minimum Gasteiger partial charge on any atom is -0.378 e. The van der Waals surface area contributed by atoms with E-state index in [1.807, 2.05) is 0 Å². The Kier molecular flexibility index (Phi) is 3.79. The summed E-state index contributed by atoms with van der Waals surface area (Å²) in [5.41, 5.74) is 5.47. The summed E-state index contributed by atoms with van der Waals surface area (Å²) < 4.78 is 25.6. The summed E-state index contributed by atoms with van der Waals surface area (Å²) in [5, 5.41) is 1.83. The fraction of sp³-hybridized carbons (Fsp3) is 0.182. The summed E-state index contributed by atoms with van der Waals surface area (Å²) in [6.45, 7) is 0. The normalized spacial score (nSPS) is 18.3. The third kappa shape index (κ3) is 3.28. The van der Waals surface area contributed by atoms with Gasteiger partial charge in [-0.15, -0.1) is 0 Å². The van der Waals surface area contributed by atoms with Gasteiger partial charge in [-0.1, -0.05) is 11.8 Å². The fourth-order valence-electron chi connectivity index (χ4n) is 1.49. The van der Waals surface area contributed by atoms with Crippen molar-refractivity contribution in [3.8, 4) is 0 Å².